The molecule has 0 bridgehead atoms. The van der Waals surface area contributed by atoms with E-state index in [1.807, 2.05) is 19.2 Å². The van der Waals surface area contributed by atoms with Crippen molar-refractivity contribution in [3.8, 4) is 0 Å². The van der Waals surface area contributed by atoms with Crippen molar-refractivity contribution >= 4 is 17.3 Å². The smallest absolute Gasteiger partial charge is 0.340 e. The summed E-state index contributed by atoms with van der Waals surface area (Å²) in [5.41, 5.74) is 7.94. The summed E-state index contributed by atoms with van der Waals surface area (Å²) in [6.45, 7) is 8.67. The molecule has 0 spiro atoms. The molecule has 0 fully saturated rings. The summed E-state index contributed by atoms with van der Waals surface area (Å²) in [6.07, 6.45) is 0. The molecule has 1 rings (SSSR count). The Morgan fingerprint density at radius 3 is 2.42 bits per heavy atom. The zero-order chi connectivity index (χ0) is 14.8. The normalized spacial score (nSPS) is 12.9. The van der Waals surface area contributed by atoms with Gasteiger partial charge in [-0.05, 0) is 24.5 Å². The van der Waals surface area contributed by atoms with Gasteiger partial charge in [-0.3, -0.25) is 0 Å². The number of nitrogen functional groups attached to an aromatic ring is 1. The number of anilines is 2. The second-order valence-electron chi connectivity index (χ2n) is 5.88. The van der Waals surface area contributed by atoms with Gasteiger partial charge in [-0.15, -0.1) is 0 Å². The monoisotopic (exact) mass is 264 g/mol. The van der Waals surface area contributed by atoms with Crippen LogP contribution in [0, 0.1) is 5.41 Å². The van der Waals surface area contributed by atoms with E-state index in [2.05, 4.69) is 32.6 Å². The lowest BCUT2D eigenvalue weighted by atomic mass is 9.87. The minimum atomic E-state index is -0.406. The third-order valence-electron chi connectivity index (χ3n) is 3.70. The van der Waals surface area contributed by atoms with Crippen LogP contribution in [0.25, 0.3) is 0 Å². The Labute approximate surface area is 115 Å². The van der Waals surface area contributed by atoms with Gasteiger partial charge in [0.1, 0.15) is 0 Å². The number of nitrogens with zero attached hydrogens (tertiary/aromatic N) is 1. The molecule has 1 unspecified atom stereocenters. The fourth-order valence-electron chi connectivity index (χ4n) is 1.94. The maximum atomic E-state index is 11.7. The van der Waals surface area contributed by atoms with Gasteiger partial charge >= 0.3 is 5.97 Å². The van der Waals surface area contributed by atoms with Crippen LogP contribution in [-0.4, -0.2) is 26.2 Å². The van der Waals surface area contributed by atoms with Crippen molar-refractivity contribution in [2.75, 3.05) is 24.8 Å². The van der Waals surface area contributed by atoms with Crippen LogP contribution in [-0.2, 0) is 4.74 Å². The molecule has 0 aliphatic carbocycles. The summed E-state index contributed by atoms with van der Waals surface area (Å²) in [6, 6.07) is 5.70. The number of esters is 1. The predicted octanol–water partition coefficient (Wildman–Crippen LogP) is 2.93. The molecule has 0 saturated carbocycles. The Bertz CT molecular complexity index is 464. The van der Waals surface area contributed by atoms with Gasteiger partial charge < -0.3 is 15.4 Å². The molecule has 106 valence electrons. The minimum Gasteiger partial charge on any atom is -0.465 e. The zero-order valence-electron chi connectivity index (χ0n) is 12.7. The van der Waals surface area contributed by atoms with Crippen LogP contribution in [0.15, 0.2) is 18.2 Å². The molecule has 1 atom stereocenters. The summed E-state index contributed by atoms with van der Waals surface area (Å²) in [7, 11) is 3.35. The highest BCUT2D eigenvalue weighted by atomic mass is 16.5. The van der Waals surface area contributed by atoms with Crippen LogP contribution in [0.5, 0.6) is 0 Å². The lowest BCUT2D eigenvalue weighted by Gasteiger charge is -2.37. The minimum absolute atomic E-state index is 0.114. The molecule has 19 heavy (non-hydrogen) atoms. The second kappa shape index (κ2) is 5.51. The summed E-state index contributed by atoms with van der Waals surface area (Å²) >= 11 is 0. The summed E-state index contributed by atoms with van der Waals surface area (Å²) in [5, 5.41) is 0. The van der Waals surface area contributed by atoms with Crippen molar-refractivity contribution in [1.29, 1.82) is 0 Å². The highest BCUT2D eigenvalue weighted by Crippen LogP contribution is 2.32. The van der Waals surface area contributed by atoms with Gasteiger partial charge in [0.25, 0.3) is 0 Å². The van der Waals surface area contributed by atoms with Crippen molar-refractivity contribution in [2.45, 2.75) is 33.7 Å². The van der Waals surface area contributed by atoms with Gasteiger partial charge in [-0.1, -0.05) is 26.8 Å². The van der Waals surface area contributed by atoms with Crippen molar-refractivity contribution in [3.05, 3.63) is 23.8 Å². The maximum Gasteiger partial charge on any atom is 0.340 e. The molecule has 2 N–H and O–H groups in total. The quantitative estimate of drug-likeness (QED) is 0.673. The molecule has 0 radical (unpaired) electrons. The summed E-state index contributed by atoms with van der Waals surface area (Å²) < 4.78 is 4.74. The molecule has 0 saturated heterocycles. The molecule has 0 amide bonds. The standard InChI is InChI=1S/C15H24N2O2/c1-10(15(2,3)4)17(5)12-9-7-8-11(13(12)16)14(18)19-6/h7-10H,16H2,1-6H3. The molecular formula is C15H24N2O2. The van der Waals surface area contributed by atoms with Gasteiger partial charge in [0, 0.05) is 13.1 Å². The number of ether oxygens (including phenoxy) is 1. The van der Waals surface area contributed by atoms with Crippen LogP contribution in [0.2, 0.25) is 0 Å². The van der Waals surface area contributed by atoms with Gasteiger partial charge in [0.2, 0.25) is 0 Å². The number of benzene rings is 1. The molecule has 0 aromatic heterocycles. The number of rotatable bonds is 3. The average molecular weight is 264 g/mol. The lowest BCUT2D eigenvalue weighted by Crippen LogP contribution is -2.39. The number of hydrogen-bond acceptors (Lipinski definition) is 4. The summed E-state index contributed by atoms with van der Waals surface area (Å²) in [5.74, 6) is -0.406. The van der Waals surface area contributed by atoms with Crippen LogP contribution < -0.4 is 10.6 Å². The van der Waals surface area contributed by atoms with Crippen molar-refractivity contribution in [1.82, 2.24) is 0 Å². The van der Waals surface area contributed by atoms with Crippen LogP contribution >= 0.6 is 0 Å². The van der Waals surface area contributed by atoms with E-state index >= 15 is 0 Å². The average Bonchev–Trinajstić information content (AvgIpc) is 2.35. The SMILES string of the molecule is COC(=O)c1cccc(N(C)C(C)C(C)(C)C)c1N. The Kier molecular flexibility index (Phi) is 4.45. The number of carbonyl (C=O) groups is 1. The van der Waals surface area contributed by atoms with E-state index in [0.29, 0.717) is 11.3 Å². The van der Waals surface area contributed by atoms with Crippen molar-refractivity contribution in [3.63, 3.8) is 0 Å². The Balaban J connectivity index is 3.18. The third kappa shape index (κ3) is 3.19. The molecule has 0 aliphatic heterocycles. The molecular weight excluding hydrogens is 240 g/mol. The molecule has 4 heteroatoms. The number of hydrogen-bond donors (Lipinski definition) is 1. The zero-order valence-corrected chi connectivity index (χ0v) is 12.7. The lowest BCUT2D eigenvalue weighted by molar-refractivity contribution is 0.0602. The van der Waals surface area contributed by atoms with Gasteiger partial charge in [-0.2, -0.15) is 0 Å². The van der Waals surface area contributed by atoms with Gasteiger partial charge in [0.05, 0.1) is 24.0 Å². The maximum absolute atomic E-state index is 11.7. The van der Waals surface area contributed by atoms with Gasteiger partial charge in [-0.25, -0.2) is 4.79 Å². The van der Waals surface area contributed by atoms with E-state index in [9.17, 15) is 4.79 Å². The first-order valence-electron chi connectivity index (χ1n) is 6.39. The molecule has 4 nitrogen and oxygen atoms in total. The molecule has 1 aromatic carbocycles. The highest BCUT2D eigenvalue weighted by molar-refractivity contribution is 5.98. The molecule has 0 aliphatic rings. The Hall–Kier alpha value is -1.71. The first-order valence-corrected chi connectivity index (χ1v) is 6.39. The predicted molar refractivity (Wildman–Crippen MR) is 79.5 cm³/mol. The van der Waals surface area contributed by atoms with E-state index in [4.69, 9.17) is 10.5 Å². The number of methoxy groups -OCH3 is 1. The fraction of sp³-hybridized carbons (Fsp3) is 0.533. The second-order valence-corrected chi connectivity index (χ2v) is 5.88. The van der Waals surface area contributed by atoms with Gasteiger partial charge in [0.15, 0.2) is 0 Å². The van der Waals surface area contributed by atoms with Crippen molar-refractivity contribution < 1.29 is 9.53 Å². The number of para-hydroxylation sites is 1. The first-order chi connectivity index (χ1) is 8.70. The molecule has 1 aromatic rings. The van der Waals surface area contributed by atoms with Crippen molar-refractivity contribution in [2.24, 2.45) is 5.41 Å². The van der Waals surface area contributed by atoms with Crippen LogP contribution in [0.1, 0.15) is 38.1 Å². The Morgan fingerprint density at radius 2 is 1.95 bits per heavy atom. The van der Waals surface area contributed by atoms with E-state index in [-0.39, 0.29) is 11.5 Å². The fourth-order valence-corrected chi connectivity index (χ4v) is 1.94. The topological polar surface area (TPSA) is 55.6 Å². The van der Waals surface area contributed by atoms with E-state index in [1.165, 1.54) is 7.11 Å². The van der Waals surface area contributed by atoms with E-state index < -0.39 is 5.97 Å². The van der Waals surface area contributed by atoms with E-state index in [1.54, 1.807) is 6.07 Å². The third-order valence-corrected chi connectivity index (χ3v) is 3.70. The Morgan fingerprint density at radius 1 is 1.37 bits per heavy atom. The van der Waals surface area contributed by atoms with Crippen LogP contribution in [0.3, 0.4) is 0 Å². The first kappa shape index (κ1) is 15.3. The highest BCUT2D eigenvalue weighted by Gasteiger charge is 2.26. The number of carbonyl (C=O) groups excluding carboxylic acids is 1. The summed E-state index contributed by atoms with van der Waals surface area (Å²) in [4.78, 5) is 13.8. The van der Waals surface area contributed by atoms with E-state index in [0.717, 1.165) is 5.69 Å². The largest absolute Gasteiger partial charge is 0.465 e. The van der Waals surface area contributed by atoms with Crippen LogP contribution in [0.4, 0.5) is 11.4 Å². The number of nitrogens with two attached hydrogens (primary N) is 1. The molecule has 0 heterocycles.